The molecule has 1 N–H and O–H groups in total. The van der Waals surface area contributed by atoms with Crippen LogP contribution in [0.4, 0.5) is 0 Å². The first-order valence-corrected chi connectivity index (χ1v) is 28.8. The van der Waals surface area contributed by atoms with Crippen LogP contribution in [0.1, 0.15) is 122 Å². The molecule has 0 radical (unpaired) electrons. The van der Waals surface area contributed by atoms with E-state index in [9.17, 15) is 43.2 Å². The maximum Gasteiger partial charge on any atom is 0.330 e. The topological polar surface area (TPSA) is 237 Å². The monoisotopic (exact) mass is 1160 g/mol. The molecule has 3 heterocycles. The predicted molar refractivity (Wildman–Crippen MR) is 310 cm³/mol. The van der Waals surface area contributed by atoms with Crippen molar-refractivity contribution in [3.05, 3.63) is 102 Å². The molecule has 0 spiro atoms. The van der Waals surface area contributed by atoms with Crippen molar-refractivity contribution in [1.29, 1.82) is 0 Å². The van der Waals surface area contributed by atoms with E-state index in [0.29, 0.717) is 61.2 Å². The molecule has 6 amide bonds. The Morgan fingerprint density at radius 2 is 1.37 bits per heavy atom. The molecular weight excluding hydrogens is 1080 g/mol. The lowest BCUT2D eigenvalue weighted by Gasteiger charge is -2.41. The number of Topliss-reactive ketones (excluding diaryl/α,β-unsaturated/α-hetero) is 1. The fraction of sp³-hybridized carbons (Fsp3) is 0.540. The fourth-order valence-corrected chi connectivity index (χ4v) is 10.2. The van der Waals surface area contributed by atoms with Gasteiger partial charge in [-0.3, -0.25) is 33.6 Å². The number of ketones is 1. The van der Waals surface area contributed by atoms with Crippen molar-refractivity contribution in [2.75, 3.05) is 74.8 Å². The molecule has 1 unspecified atom stereocenters. The second-order valence-corrected chi connectivity index (χ2v) is 23.3. The maximum absolute atomic E-state index is 15.0. The molecule has 6 rings (SSSR count). The summed E-state index contributed by atoms with van der Waals surface area (Å²) in [6.07, 6.45) is 5.56. The van der Waals surface area contributed by atoms with Crippen LogP contribution in [-0.2, 0) is 63.8 Å². The van der Waals surface area contributed by atoms with Crippen LogP contribution in [0.3, 0.4) is 0 Å². The lowest BCUT2D eigenvalue weighted by atomic mass is 9.87. The largest absolute Gasteiger partial charge is 0.493 e. The number of amides is 6. The summed E-state index contributed by atoms with van der Waals surface area (Å²) in [4.78, 5) is 135. The Morgan fingerprint density at radius 1 is 0.702 bits per heavy atom. The van der Waals surface area contributed by atoms with Gasteiger partial charge in [0.25, 0.3) is 11.8 Å². The number of benzene rings is 3. The molecule has 3 aromatic carbocycles. The quantitative estimate of drug-likeness (QED) is 0.202. The third kappa shape index (κ3) is 17.2. The van der Waals surface area contributed by atoms with E-state index in [4.69, 9.17) is 28.4 Å². The highest BCUT2D eigenvalue weighted by atomic mass is 16.5. The standard InChI is InChI=1S/C63H84N6O15/c1-41-56(73)64-54(43-22-13-12-14-23-43)59(76)67(9)48(38-83-62(2,3)4)58(75)68-34-19-15-26-46(68)57(74)65(7)33-18-17-28-53(71)82-40-63(5,6)55(72)60(77)69-35-20-16-27-47(69)61(78)84-49(31-29-42-30-32-50(79-10)51(36-42)80-11)44-24-21-25-45(37-44)81-39-52(70)66(41)8/h12-14,17,21-25,28,30,32,36-37,41,46-49,54H,15-16,18-20,26-27,29,31,33-35,38-40H2,1-11H3,(H,64,73)/b28-17-/t41-,46-,47-,48-,49+,54?/m0/s1. The van der Waals surface area contributed by atoms with Gasteiger partial charge in [-0.25, -0.2) is 9.59 Å². The number of cyclic esters (lactones) is 2. The first-order valence-electron chi connectivity index (χ1n) is 28.8. The summed E-state index contributed by atoms with van der Waals surface area (Å²) in [5, 5.41) is 2.84. The first-order chi connectivity index (χ1) is 39.8. The molecule has 2 fully saturated rings. The predicted octanol–water partition coefficient (Wildman–Crippen LogP) is 5.97. The van der Waals surface area contributed by atoms with Crippen LogP contribution < -0.4 is 19.5 Å². The van der Waals surface area contributed by atoms with Crippen LogP contribution >= 0.6 is 0 Å². The van der Waals surface area contributed by atoms with Gasteiger partial charge in [-0.05, 0) is 140 Å². The lowest BCUT2D eigenvalue weighted by molar-refractivity contribution is -0.165. The zero-order valence-electron chi connectivity index (χ0n) is 50.5. The number of hydrogen-bond acceptors (Lipinski definition) is 15. The smallest absolute Gasteiger partial charge is 0.330 e. The van der Waals surface area contributed by atoms with Crippen LogP contribution in [-0.4, -0.2) is 182 Å². The summed E-state index contributed by atoms with van der Waals surface area (Å²) in [7, 11) is 7.54. The van der Waals surface area contributed by atoms with Gasteiger partial charge in [-0.15, -0.1) is 0 Å². The molecule has 21 nitrogen and oxygen atoms in total. The first kappa shape index (κ1) is 65.3. The number of carbonyl (C=O) groups excluding carboxylic acids is 9. The number of piperidine rings is 2. The van der Waals surface area contributed by atoms with Gasteiger partial charge in [0, 0.05) is 46.9 Å². The number of fused-ring (bicyclic) bond motifs is 4. The Hall–Kier alpha value is -7.81. The molecule has 0 aromatic heterocycles. The molecule has 6 atom stereocenters. The number of ether oxygens (including phenoxy) is 6. The number of likely N-dealkylation sites (N-methyl/N-ethyl adjacent to an activating group) is 3. The van der Waals surface area contributed by atoms with E-state index in [2.05, 4.69) is 5.32 Å². The van der Waals surface area contributed by atoms with Crippen molar-refractivity contribution in [3.8, 4) is 17.2 Å². The second-order valence-electron chi connectivity index (χ2n) is 23.3. The van der Waals surface area contributed by atoms with Crippen molar-refractivity contribution < 1.29 is 71.6 Å². The van der Waals surface area contributed by atoms with E-state index < -0.39 is 108 Å². The van der Waals surface area contributed by atoms with Crippen molar-refractivity contribution in [3.63, 3.8) is 0 Å². The molecule has 3 aliphatic rings. The Kier molecular flexibility index (Phi) is 23.0. The van der Waals surface area contributed by atoms with Crippen LogP contribution in [0.25, 0.3) is 0 Å². The number of rotatable bonds is 8. The molecule has 3 aromatic rings. The van der Waals surface area contributed by atoms with Crippen LogP contribution in [0.15, 0.2) is 84.9 Å². The molecule has 3 aliphatic heterocycles. The normalized spacial score (nSPS) is 24.2. The molecule has 21 heteroatoms. The van der Waals surface area contributed by atoms with Crippen molar-refractivity contribution in [1.82, 2.24) is 29.8 Å². The average Bonchev–Trinajstić information content (AvgIpc) is 3.66. The third-order valence-electron chi connectivity index (χ3n) is 15.5. The van der Waals surface area contributed by atoms with Gasteiger partial charge in [-0.2, -0.15) is 0 Å². The van der Waals surface area contributed by atoms with Crippen LogP contribution in [0, 0.1) is 5.41 Å². The summed E-state index contributed by atoms with van der Waals surface area (Å²) in [6, 6.07) is 14.9. The van der Waals surface area contributed by atoms with E-state index in [1.54, 1.807) is 67.7 Å². The van der Waals surface area contributed by atoms with Gasteiger partial charge in [-0.1, -0.05) is 54.6 Å². The van der Waals surface area contributed by atoms with E-state index in [1.807, 2.05) is 32.9 Å². The number of carbonyl (C=O) groups is 9. The van der Waals surface area contributed by atoms with Crippen molar-refractivity contribution in [2.45, 2.75) is 141 Å². The van der Waals surface area contributed by atoms with Crippen molar-refractivity contribution in [2.24, 2.45) is 5.41 Å². The minimum Gasteiger partial charge on any atom is -0.493 e. The summed E-state index contributed by atoms with van der Waals surface area (Å²) < 4.78 is 35.0. The number of nitrogens with one attached hydrogen (secondary N) is 1. The highest BCUT2D eigenvalue weighted by molar-refractivity contribution is 6.38. The Bertz CT molecular complexity index is 2870. The van der Waals surface area contributed by atoms with E-state index in [-0.39, 0.29) is 57.2 Å². The van der Waals surface area contributed by atoms with Crippen LogP contribution in [0.5, 0.6) is 17.2 Å². The minimum atomic E-state index is -1.49. The maximum atomic E-state index is 15.0. The minimum absolute atomic E-state index is 0.105. The van der Waals surface area contributed by atoms with Gasteiger partial charge in [0.15, 0.2) is 18.1 Å². The zero-order valence-corrected chi connectivity index (χ0v) is 50.5. The van der Waals surface area contributed by atoms with Gasteiger partial charge >= 0.3 is 11.9 Å². The van der Waals surface area contributed by atoms with Crippen LogP contribution in [0.2, 0.25) is 0 Å². The lowest BCUT2D eigenvalue weighted by Crippen LogP contribution is -2.60. The van der Waals surface area contributed by atoms with Crippen molar-refractivity contribution >= 4 is 53.2 Å². The molecule has 84 heavy (non-hydrogen) atoms. The highest BCUT2D eigenvalue weighted by Crippen LogP contribution is 2.33. The Labute approximate surface area is 493 Å². The Balaban J connectivity index is 1.33. The van der Waals surface area contributed by atoms with E-state index >= 15 is 0 Å². The number of hydrogen-bond donors (Lipinski definition) is 1. The SMILES string of the molecule is COc1ccc(CC[C@H]2OC(=O)[C@@H]3CCCCN3C(=O)C(=O)C(C)(C)COC(=O)/C=C\CCN(C)C(=O)[C@@H]3CCCCN3C(=O)[C@H](COC(C)(C)C)N(C)C(=O)C(c3ccccc3)NC(=O)[C@H](C)N(C)C(=O)COc3cccc2c3)cc1OC. The molecule has 2 saturated heterocycles. The average molecular weight is 1170 g/mol. The second kappa shape index (κ2) is 29.6. The summed E-state index contributed by atoms with van der Waals surface area (Å²) in [5.41, 5.74) is -0.493. The number of methoxy groups -OCH3 is 2. The number of esters is 2. The molecule has 456 valence electrons. The molecular formula is C63H84N6O15. The fourth-order valence-electron chi connectivity index (χ4n) is 10.2. The zero-order chi connectivity index (χ0) is 61.5. The highest BCUT2D eigenvalue weighted by Gasteiger charge is 2.44. The van der Waals surface area contributed by atoms with E-state index in [0.717, 1.165) is 5.56 Å². The molecule has 0 aliphatic carbocycles. The summed E-state index contributed by atoms with van der Waals surface area (Å²) in [5.74, 6) is -4.82. The van der Waals surface area contributed by atoms with Gasteiger partial charge in [0.2, 0.25) is 29.4 Å². The summed E-state index contributed by atoms with van der Waals surface area (Å²) >= 11 is 0. The van der Waals surface area contributed by atoms with Gasteiger partial charge < -0.3 is 58.2 Å². The van der Waals surface area contributed by atoms with Gasteiger partial charge in [0.05, 0.1) is 31.8 Å². The number of nitrogens with zero attached hydrogens (tertiary/aromatic N) is 5. The molecule has 2 bridgehead atoms. The van der Waals surface area contributed by atoms with E-state index in [1.165, 1.54) is 85.7 Å². The van der Waals surface area contributed by atoms with Gasteiger partial charge in [0.1, 0.15) is 48.7 Å². The molecule has 0 saturated carbocycles. The third-order valence-corrected chi connectivity index (χ3v) is 15.5. The Morgan fingerprint density at radius 3 is 2.05 bits per heavy atom. The number of aryl methyl sites for hydroxylation is 1. The summed E-state index contributed by atoms with van der Waals surface area (Å²) in [6.45, 7) is 9.19.